The highest BCUT2D eigenvalue weighted by Crippen LogP contribution is 2.45. The highest BCUT2D eigenvalue weighted by Gasteiger charge is 2.41. The molecule has 16 heavy (non-hydrogen) atoms. The van der Waals surface area contributed by atoms with E-state index in [-0.39, 0.29) is 17.4 Å². The first-order valence-corrected chi connectivity index (χ1v) is 6.36. The molecule has 0 aromatic carbocycles. The van der Waals surface area contributed by atoms with Gasteiger partial charge in [0.25, 0.3) is 0 Å². The summed E-state index contributed by atoms with van der Waals surface area (Å²) in [6.07, 6.45) is 6.01. The van der Waals surface area contributed by atoms with Gasteiger partial charge in [-0.15, -0.1) is 0 Å². The summed E-state index contributed by atoms with van der Waals surface area (Å²) in [7, 11) is 1.46. The Hall–Kier alpha value is -0.570. The highest BCUT2D eigenvalue weighted by atomic mass is 16.5. The molecule has 1 rings (SSSR count). The topological polar surface area (TPSA) is 52.3 Å². The van der Waals surface area contributed by atoms with Crippen molar-refractivity contribution in [2.75, 3.05) is 7.11 Å². The number of ether oxygens (including phenoxy) is 1. The zero-order chi connectivity index (χ0) is 12.2. The number of methoxy groups -OCH3 is 1. The first-order valence-electron chi connectivity index (χ1n) is 6.36. The van der Waals surface area contributed by atoms with E-state index in [2.05, 4.69) is 13.8 Å². The molecule has 94 valence electrons. The third-order valence-electron chi connectivity index (χ3n) is 4.08. The SMILES string of the molecule is CCC(N)C1(CC(=O)OC)CCCC(C)C1. The maximum atomic E-state index is 11.5. The molecule has 0 amide bonds. The van der Waals surface area contributed by atoms with Gasteiger partial charge in [0.1, 0.15) is 0 Å². The molecule has 0 saturated heterocycles. The lowest BCUT2D eigenvalue weighted by Gasteiger charge is -2.43. The Labute approximate surface area is 98.7 Å². The first-order chi connectivity index (χ1) is 7.54. The van der Waals surface area contributed by atoms with Crippen molar-refractivity contribution in [3.8, 4) is 0 Å². The van der Waals surface area contributed by atoms with Gasteiger partial charge < -0.3 is 10.5 Å². The molecule has 3 atom stereocenters. The van der Waals surface area contributed by atoms with E-state index in [1.165, 1.54) is 20.0 Å². The average molecular weight is 227 g/mol. The Kier molecular flexibility index (Phi) is 4.78. The van der Waals surface area contributed by atoms with E-state index in [4.69, 9.17) is 10.5 Å². The molecule has 1 fully saturated rings. The maximum absolute atomic E-state index is 11.5. The Morgan fingerprint density at radius 2 is 2.31 bits per heavy atom. The number of hydrogen-bond acceptors (Lipinski definition) is 3. The molecule has 0 aliphatic heterocycles. The van der Waals surface area contributed by atoms with Crippen LogP contribution in [0.4, 0.5) is 0 Å². The predicted octanol–water partition coefficient (Wildman–Crippen LogP) is 2.48. The molecule has 0 aromatic heterocycles. The number of carbonyl (C=O) groups is 1. The summed E-state index contributed by atoms with van der Waals surface area (Å²) in [6, 6.07) is 0.120. The molecule has 0 bridgehead atoms. The number of esters is 1. The summed E-state index contributed by atoms with van der Waals surface area (Å²) in [5.41, 5.74) is 6.23. The Balaban J connectivity index is 2.78. The van der Waals surface area contributed by atoms with Crippen LogP contribution in [0.2, 0.25) is 0 Å². The van der Waals surface area contributed by atoms with E-state index in [1.54, 1.807) is 0 Å². The fourth-order valence-corrected chi connectivity index (χ4v) is 3.12. The molecule has 0 spiro atoms. The lowest BCUT2D eigenvalue weighted by atomic mass is 9.63. The summed E-state index contributed by atoms with van der Waals surface area (Å²) in [6.45, 7) is 4.36. The summed E-state index contributed by atoms with van der Waals surface area (Å²) in [5, 5.41) is 0. The van der Waals surface area contributed by atoms with Crippen LogP contribution in [0.3, 0.4) is 0 Å². The second-order valence-corrected chi connectivity index (χ2v) is 5.33. The molecule has 1 aliphatic carbocycles. The number of hydrogen-bond donors (Lipinski definition) is 1. The van der Waals surface area contributed by atoms with E-state index >= 15 is 0 Å². The van der Waals surface area contributed by atoms with Crippen LogP contribution in [0.5, 0.6) is 0 Å². The van der Waals surface area contributed by atoms with Gasteiger partial charge >= 0.3 is 5.97 Å². The molecule has 1 saturated carbocycles. The molecule has 3 nitrogen and oxygen atoms in total. The quantitative estimate of drug-likeness (QED) is 0.751. The van der Waals surface area contributed by atoms with E-state index in [1.807, 2.05) is 0 Å². The van der Waals surface area contributed by atoms with Crippen LogP contribution >= 0.6 is 0 Å². The monoisotopic (exact) mass is 227 g/mol. The summed E-state index contributed by atoms with van der Waals surface area (Å²) in [4.78, 5) is 11.5. The third-order valence-corrected chi connectivity index (χ3v) is 4.08. The minimum absolute atomic E-state index is 0.0144. The lowest BCUT2D eigenvalue weighted by Crippen LogP contribution is -2.46. The van der Waals surface area contributed by atoms with Crippen LogP contribution in [0.15, 0.2) is 0 Å². The van der Waals surface area contributed by atoms with Gasteiger partial charge in [0.15, 0.2) is 0 Å². The van der Waals surface area contributed by atoms with Crippen molar-refractivity contribution in [3.63, 3.8) is 0 Å². The fourth-order valence-electron chi connectivity index (χ4n) is 3.12. The van der Waals surface area contributed by atoms with Crippen LogP contribution in [0.25, 0.3) is 0 Å². The molecule has 0 aromatic rings. The second kappa shape index (κ2) is 5.67. The zero-order valence-electron chi connectivity index (χ0n) is 10.8. The van der Waals surface area contributed by atoms with Crippen molar-refractivity contribution in [1.29, 1.82) is 0 Å². The van der Waals surface area contributed by atoms with Gasteiger partial charge in [0.05, 0.1) is 13.5 Å². The Bertz CT molecular complexity index is 242. The fraction of sp³-hybridized carbons (Fsp3) is 0.923. The van der Waals surface area contributed by atoms with E-state index in [9.17, 15) is 4.79 Å². The predicted molar refractivity (Wildman–Crippen MR) is 65.0 cm³/mol. The van der Waals surface area contributed by atoms with Crippen LogP contribution < -0.4 is 5.73 Å². The van der Waals surface area contributed by atoms with Crippen LogP contribution in [0, 0.1) is 11.3 Å². The van der Waals surface area contributed by atoms with Crippen LogP contribution in [0.1, 0.15) is 52.4 Å². The molecule has 1 aliphatic rings. The van der Waals surface area contributed by atoms with Crippen LogP contribution in [-0.2, 0) is 9.53 Å². The standard InChI is InChI=1S/C13H25NO2/c1-4-11(14)13(9-12(15)16-3)7-5-6-10(2)8-13/h10-11H,4-9,14H2,1-3H3. The lowest BCUT2D eigenvalue weighted by molar-refractivity contribution is -0.144. The van der Waals surface area contributed by atoms with E-state index < -0.39 is 0 Å². The largest absolute Gasteiger partial charge is 0.469 e. The van der Waals surface area contributed by atoms with Crippen molar-refractivity contribution < 1.29 is 9.53 Å². The van der Waals surface area contributed by atoms with Crippen molar-refractivity contribution >= 4 is 5.97 Å². The van der Waals surface area contributed by atoms with Crippen molar-refractivity contribution in [3.05, 3.63) is 0 Å². The molecule has 3 unspecified atom stereocenters. The Morgan fingerprint density at radius 1 is 1.62 bits per heavy atom. The van der Waals surface area contributed by atoms with Crippen LogP contribution in [-0.4, -0.2) is 19.1 Å². The summed E-state index contributed by atoms with van der Waals surface area (Å²) >= 11 is 0. The molecular formula is C13H25NO2. The van der Waals surface area contributed by atoms with Gasteiger partial charge in [-0.2, -0.15) is 0 Å². The van der Waals surface area contributed by atoms with Gasteiger partial charge in [-0.1, -0.05) is 26.7 Å². The molecule has 3 heteroatoms. The van der Waals surface area contributed by atoms with Gasteiger partial charge in [-0.25, -0.2) is 0 Å². The third kappa shape index (κ3) is 2.97. The minimum Gasteiger partial charge on any atom is -0.469 e. The highest BCUT2D eigenvalue weighted by molar-refractivity contribution is 5.70. The second-order valence-electron chi connectivity index (χ2n) is 5.33. The van der Waals surface area contributed by atoms with Gasteiger partial charge in [0, 0.05) is 6.04 Å². The van der Waals surface area contributed by atoms with Gasteiger partial charge in [-0.3, -0.25) is 4.79 Å². The van der Waals surface area contributed by atoms with E-state index in [0.29, 0.717) is 12.3 Å². The first kappa shape index (κ1) is 13.5. The number of nitrogens with two attached hydrogens (primary N) is 1. The van der Waals surface area contributed by atoms with Crippen molar-refractivity contribution in [2.45, 2.75) is 58.4 Å². The van der Waals surface area contributed by atoms with Gasteiger partial charge in [0.2, 0.25) is 0 Å². The minimum atomic E-state index is -0.113. The smallest absolute Gasteiger partial charge is 0.306 e. The van der Waals surface area contributed by atoms with Crippen molar-refractivity contribution in [1.82, 2.24) is 0 Å². The average Bonchev–Trinajstić information content (AvgIpc) is 2.27. The van der Waals surface area contributed by atoms with Gasteiger partial charge in [-0.05, 0) is 30.6 Å². The normalized spacial score (nSPS) is 32.1. The van der Waals surface area contributed by atoms with E-state index in [0.717, 1.165) is 19.3 Å². The molecule has 2 N–H and O–H groups in total. The number of rotatable bonds is 4. The molecule has 0 radical (unpaired) electrons. The maximum Gasteiger partial charge on any atom is 0.306 e. The molecular weight excluding hydrogens is 202 g/mol. The molecule has 0 heterocycles. The zero-order valence-corrected chi connectivity index (χ0v) is 10.8. The number of carbonyl (C=O) groups excluding carboxylic acids is 1. The Morgan fingerprint density at radius 3 is 2.81 bits per heavy atom. The summed E-state index contributed by atoms with van der Waals surface area (Å²) < 4.78 is 4.81. The van der Waals surface area contributed by atoms with Crippen molar-refractivity contribution in [2.24, 2.45) is 17.1 Å². The summed E-state index contributed by atoms with van der Waals surface area (Å²) in [5.74, 6) is 0.564.